The summed E-state index contributed by atoms with van der Waals surface area (Å²) in [6.45, 7) is 0. The van der Waals surface area contributed by atoms with Crippen molar-refractivity contribution in [1.29, 1.82) is 0 Å². The van der Waals surface area contributed by atoms with E-state index >= 15 is 0 Å². The number of rotatable bonds is 6. The second-order valence-electron chi connectivity index (χ2n) is 5.87. The number of hydrogen-bond donors (Lipinski definition) is 0. The first-order valence-electron chi connectivity index (χ1n) is 8.12. The molecule has 2 aromatic carbocycles. The topological polar surface area (TPSA) is 82.1 Å². The Bertz CT molecular complexity index is 797. The fourth-order valence-corrected chi connectivity index (χ4v) is 2.40. The highest BCUT2D eigenvalue weighted by Gasteiger charge is 2.25. The van der Waals surface area contributed by atoms with Gasteiger partial charge < -0.3 is 19.1 Å². The van der Waals surface area contributed by atoms with E-state index < -0.39 is 18.0 Å². The second kappa shape index (κ2) is 8.84. The molecule has 0 heterocycles. The number of hydrogen-bond acceptors (Lipinski definition) is 6. The zero-order chi connectivity index (χ0) is 20.0. The fraction of sp³-hybridized carbons (Fsp3) is 0.250. The van der Waals surface area contributed by atoms with Gasteiger partial charge in [-0.1, -0.05) is 30.3 Å². The average Bonchev–Trinajstić information content (AvgIpc) is 2.70. The summed E-state index contributed by atoms with van der Waals surface area (Å²) in [7, 11) is 5.70. The van der Waals surface area contributed by atoms with Crippen molar-refractivity contribution in [3.63, 3.8) is 0 Å². The van der Waals surface area contributed by atoms with Crippen LogP contribution in [-0.2, 0) is 14.3 Å². The quantitative estimate of drug-likeness (QED) is 0.726. The summed E-state index contributed by atoms with van der Waals surface area (Å²) in [5, 5.41) is 0. The van der Waals surface area contributed by atoms with Crippen molar-refractivity contribution in [2.24, 2.45) is 0 Å². The summed E-state index contributed by atoms with van der Waals surface area (Å²) >= 11 is 0. The predicted octanol–water partition coefficient (Wildman–Crippen LogP) is 2.47. The normalized spacial score (nSPS) is 11.3. The van der Waals surface area contributed by atoms with Crippen LogP contribution in [0.15, 0.2) is 48.5 Å². The van der Waals surface area contributed by atoms with Gasteiger partial charge in [-0.2, -0.15) is 0 Å². The monoisotopic (exact) mass is 371 g/mol. The number of amides is 1. The Morgan fingerprint density at radius 1 is 0.852 bits per heavy atom. The van der Waals surface area contributed by atoms with Gasteiger partial charge in [0.25, 0.3) is 5.91 Å². The van der Waals surface area contributed by atoms with Gasteiger partial charge in [0.15, 0.2) is 0 Å². The first-order valence-corrected chi connectivity index (χ1v) is 8.12. The molecule has 1 atom stereocenters. The van der Waals surface area contributed by atoms with Gasteiger partial charge in [0.1, 0.15) is 5.75 Å². The third-order valence-corrected chi connectivity index (χ3v) is 3.77. The van der Waals surface area contributed by atoms with E-state index in [1.54, 1.807) is 38.4 Å². The third kappa shape index (κ3) is 4.84. The number of benzene rings is 2. The molecule has 1 amide bonds. The van der Waals surface area contributed by atoms with E-state index in [4.69, 9.17) is 14.2 Å². The maximum Gasteiger partial charge on any atom is 0.338 e. The minimum atomic E-state index is -0.945. The molecular weight excluding hydrogens is 350 g/mol. The predicted molar refractivity (Wildman–Crippen MR) is 97.6 cm³/mol. The van der Waals surface area contributed by atoms with E-state index in [1.165, 1.54) is 37.3 Å². The molecule has 0 saturated carbocycles. The molecule has 0 unspecified atom stereocenters. The lowest BCUT2D eigenvalue weighted by molar-refractivity contribution is -0.136. The minimum Gasteiger partial charge on any atom is -0.476 e. The number of esters is 2. The Hall–Kier alpha value is -3.35. The largest absolute Gasteiger partial charge is 0.476 e. The number of carbonyl (C=O) groups excluding carboxylic acids is 3. The lowest BCUT2D eigenvalue weighted by atomic mass is 10.1. The van der Waals surface area contributed by atoms with Crippen molar-refractivity contribution in [3.05, 3.63) is 65.2 Å². The van der Waals surface area contributed by atoms with E-state index in [0.717, 1.165) is 0 Å². The summed E-state index contributed by atoms with van der Waals surface area (Å²) in [5.74, 6) is -1.40. The number of methoxy groups -OCH3 is 2. The lowest BCUT2D eigenvalue weighted by Crippen LogP contribution is -2.31. The Labute approximate surface area is 157 Å². The molecule has 0 saturated heterocycles. The van der Waals surface area contributed by atoms with Crippen LogP contribution < -0.4 is 4.74 Å². The smallest absolute Gasteiger partial charge is 0.338 e. The summed E-state index contributed by atoms with van der Waals surface area (Å²) in [4.78, 5) is 37.9. The summed E-state index contributed by atoms with van der Waals surface area (Å²) in [6, 6.07) is 13.1. The zero-order valence-corrected chi connectivity index (χ0v) is 15.6. The van der Waals surface area contributed by atoms with Crippen LogP contribution in [-0.4, -0.2) is 51.1 Å². The molecule has 0 bridgehead atoms. The Kier molecular flexibility index (Phi) is 6.54. The van der Waals surface area contributed by atoms with Gasteiger partial charge in [0.05, 0.1) is 25.3 Å². The van der Waals surface area contributed by atoms with Gasteiger partial charge in [0.2, 0.25) is 6.10 Å². The van der Waals surface area contributed by atoms with Gasteiger partial charge >= 0.3 is 11.9 Å². The highest BCUT2D eigenvalue weighted by molar-refractivity contribution is 5.96. The summed E-state index contributed by atoms with van der Waals surface area (Å²) in [5.41, 5.74) is 0.860. The molecule has 7 heteroatoms. The van der Waals surface area contributed by atoms with Gasteiger partial charge in [0, 0.05) is 19.7 Å². The molecule has 0 N–H and O–H groups in total. The standard InChI is InChI=1S/C20H21NO6/c1-21(2)18(22)17(13-8-6-5-7-9-13)27-16-11-14(19(23)25-3)10-15(12-16)20(24)26-4/h5-12,17H,1-4H3/t17-/m1/s1. The first kappa shape index (κ1) is 20.0. The third-order valence-electron chi connectivity index (χ3n) is 3.77. The number of carbonyl (C=O) groups is 3. The molecule has 0 aliphatic heterocycles. The molecule has 0 aromatic heterocycles. The fourth-order valence-electron chi connectivity index (χ4n) is 2.40. The molecular formula is C20H21NO6. The molecule has 2 aromatic rings. The molecule has 0 aliphatic carbocycles. The highest BCUT2D eigenvalue weighted by Crippen LogP contribution is 2.26. The van der Waals surface area contributed by atoms with Gasteiger partial charge in [-0.05, 0) is 18.2 Å². The van der Waals surface area contributed by atoms with Crippen LogP contribution in [0.4, 0.5) is 0 Å². The van der Waals surface area contributed by atoms with Crippen molar-refractivity contribution in [3.8, 4) is 5.75 Å². The van der Waals surface area contributed by atoms with Crippen molar-refractivity contribution < 1.29 is 28.6 Å². The summed E-state index contributed by atoms with van der Waals surface area (Å²) < 4.78 is 15.3. The molecule has 27 heavy (non-hydrogen) atoms. The van der Waals surface area contributed by atoms with Crippen molar-refractivity contribution in [1.82, 2.24) is 4.90 Å². The van der Waals surface area contributed by atoms with E-state index in [9.17, 15) is 14.4 Å². The molecule has 0 radical (unpaired) electrons. The van der Waals surface area contributed by atoms with E-state index in [0.29, 0.717) is 5.56 Å². The van der Waals surface area contributed by atoms with Crippen molar-refractivity contribution in [2.45, 2.75) is 6.10 Å². The van der Waals surface area contributed by atoms with Crippen LogP contribution >= 0.6 is 0 Å². The molecule has 7 nitrogen and oxygen atoms in total. The van der Waals surface area contributed by atoms with Crippen molar-refractivity contribution >= 4 is 17.8 Å². The van der Waals surface area contributed by atoms with Gasteiger partial charge in [-0.15, -0.1) is 0 Å². The Morgan fingerprint density at radius 2 is 1.37 bits per heavy atom. The van der Waals surface area contributed by atoms with Crippen LogP contribution in [0.3, 0.4) is 0 Å². The van der Waals surface area contributed by atoms with Gasteiger partial charge in [-0.3, -0.25) is 4.79 Å². The van der Waals surface area contributed by atoms with Crippen LogP contribution in [0.1, 0.15) is 32.4 Å². The van der Waals surface area contributed by atoms with E-state index in [1.807, 2.05) is 6.07 Å². The Morgan fingerprint density at radius 3 is 1.81 bits per heavy atom. The van der Waals surface area contributed by atoms with Crippen LogP contribution in [0, 0.1) is 0 Å². The van der Waals surface area contributed by atoms with Gasteiger partial charge in [-0.25, -0.2) is 9.59 Å². The Balaban J connectivity index is 2.48. The number of ether oxygens (including phenoxy) is 3. The van der Waals surface area contributed by atoms with Crippen LogP contribution in [0.2, 0.25) is 0 Å². The van der Waals surface area contributed by atoms with E-state index in [2.05, 4.69) is 0 Å². The number of likely N-dealkylation sites (N-methyl/N-ethyl adjacent to an activating group) is 1. The average molecular weight is 371 g/mol. The molecule has 142 valence electrons. The minimum absolute atomic E-state index is 0.111. The maximum atomic E-state index is 12.6. The highest BCUT2D eigenvalue weighted by atomic mass is 16.5. The molecule has 0 fully saturated rings. The maximum absolute atomic E-state index is 12.6. The molecule has 0 aliphatic rings. The second-order valence-corrected chi connectivity index (χ2v) is 5.87. The van der Waals surface area contributed by atoms with Crippen LogP contribution in [0.25, 0.3) is 0 Å². The molecule has 2 rings (SSSR count). The summed E-state index contributed by atoms with van der Waals surface area (Å²) in [6.07, 6.45) is -0.945. The first-order chi connectivity index (χ1) is 12.9. The number of nitrogens with zero attached hydrogens (tertiary/aromatic N) is 1. The zero-order valence-electron chi connectivity index (χ0n) is 15.6. The van der Waals surface area contributed by atoms with Crippen LogP contribution in [0.5, 0.6) is 5.75 Å². The molecule has 0 spiro atoms. The SMILES string of the molecule is COC(=O)c1cc(O[C@@H](C(=O)N(C)C)c2ccccc2)cc(C(=O)OC)c1. The van der Waals surface area contributed by atoms with Crippen molar-refractivity contribution in [2.75, 3.05) is 28.3 Å². The van der Waals surface area contributed by atoms with E-state index in [-0.39, 0.29) is 22.8 Å². The lowest BCUT2D eigenvalue weighted by Gasteiger charge is -2.22.